The topological polar surface area (TPSA) is 46.5 Å². The highest BCUT2D eigenvalue weighted by Gasteiger charge is 2.47. The Kier molecular flexibility index (Phi) is 6.24. The monoisotopic (exact) mass is 346 g/mol. The smallest absolute Gasteiger partial charge is 0.303 e. The first-order chi connectivity index (χ1) is 11.7. The highest BCUT2D eigenvalue weighted by atomic mass is 32.2. The van der Waals surface area contributed by atoms with Crippen LogP contribution in [0.25, 0.3) is 0 Å². The van der Waals surface area contributed by atoms with E-state index in [2.05, 4.69) is 23.9 Å². The lowest BCUT2D eigenvalue weighted by Gasteiger charge is -2.29. The summed E-state index contributed by atoms with van der Waals surface area (Å²) in [5.74, 6) is 1.60. The van der Waals surface area contributed by atoms with E-state index >= 15 is 0 Å². The van der Waals surface area contributed by atoms with E-state index in [1.165, 1.54) is 12.8 Å². The van der Waals surface area contributed by atoms with Gasteiger partial charge in [0.25, 0.3) is 0 Å². The van der Waals surface area contributed by atoms with E-state index in [4.69, 9.17) is 9.84 Å². The maximum atomic E-state index is 10.5. The lowest BCUT2D eigenvalue weighted by Crippen LogP contribution is -2.31. The van der Waals surface area contributed by atoms with E-state index in [9.17, 15) is 4.79 Å². The molecule has 2 aliphatic rings. The van der Waals surface area contributed by atoms with Gasteiger partial charge in [-0.1, -0.05) is 30.4 Å². The lowest BCUT2D eigenvalue weighted by atomic mass is 9.78. The number of hydrogen-bond donors (Lipinski definition) is 1. The molecule has 3 rings (SSSR count). The summed E-state index contributed by atoms with van der Waals surface area (Å²) < 4.78 is 6.04. The summed E-state index contributed by atoms with van der Waals surface area (Å²) in [6, 6.07) is 10.1. The van der Waals surface area contributed by atoms with Gasteiger partial charge in [0.05, 0.1) is 6.61 Å². The molecule has 2 fully saturated rings. The lowest BCUT2D eigenvalue weighted by molar-refractivity contribution is -0.137. The number of carboxylic acid groups (broad SMARTS) is 1. The highest BCUT2D eigenvalue weighted by molar-refractivity contribution is 8.01. The third kappa shape index (κ3) is 4.56. The number of rotatable bonds is 9. The molecule has 1 aromatic carbocycles. The van der Waals surface area contributed by atoms with Crippen LogP contribution in [0.2, 0.25) is 0 Å². The van der Waals surface area contributed by atoms with Gasteiger partial charge in [0.2, 0.25) is 0 Å². The van der Waals surface area contributed by atoms with Crippen LogP contribution in [0, 0.1) is 11.8 Å². The van der Waals surface area contributed by atoms with Crippen molar-refractivity contribution in [1.82, 2.24) is 0 Å². The quantitative estimate of drug-likeness (QED) is 0.516. The Balaban J connectivity index is 1.47. The van der Waals surface area contributed by atoms with Crippen LogP contribution in [-0.2, 0) is 4.79 Å². The van der Waals surface area contributed by atoms with Gasteiger partial charge in [0.1, 0.15) is 5.75 Å². The Hall–Kier alpha value is -1.42. The summed E-state index contributed by atoms with van der Waals surface area (Å²) in [6.07, 6.45) is 10.1. The number of thioether (sulfide) groups is 1. The normalized spacial score (nSPS) is 28.5. The number of carbonyl (C=O) groups is 1. The van der Waals surface area contributed by atoms with Crippen molar-refractivity contribution in [3.8, 4) is 5.75 Å². The molecular weight excluding hydrogens is 320 g/mol. The second-order valence-electron chi connectivity index (χ2n) is 6.74. The summed E-state index contributed by atoms with van der Waals surface area (Å²) in [6.45, 7) is 0.815. The van der Waals surface area contributed by atoms with Crippen molar-refractivity contribution in [2.45, 2.75) is 49.0 Å². The molecule has 0 amide bonds. The SMILES string of the molecule is O=C(O)CCCC=CC[C@@H]1[C@H](COc2ccccc2)[C@@H]2CC[C@H]1S2. The number of benzene rings is 1. The molecule has 24 heavy (non-hydrogen) atoms. The minimum Gasteiger partial charge on any atom is -0.493 e. The summed E-state index contributed by atoms with van der Waals surface area (Å²) in [4.78, 5) is 10.5. The number of ether oxygens (including phenoxy) is 1. The van der Waals surface area contributed by atoms with Crippen LogP contribution in [-0.4, -0.2) is 28.2 Å². The van der Waals surface area contributed by atoms with Crippen molar-refractivity contribution >= 4 is 17.7 Å². The molecular formula is C20H26O3S. The van der Waals surface area contributed by atoms with Crippen LogP contribution >= 0.6 is 11.8 Å². The van der Waals surface area contributed by atoms with E-state index in [1.54, 1.807) is 0 Å². The Labute approximate surface area is 148 Å². The van der Waals surface area contributed by atoms with E-state index in [0.29, 0.717) is 11.8 Å². The Morgan fingerprint density at radius 1 is 1.17 bits per heavy atom. The zero-order chi connectivity index (χ0) is 16.8. The molecule has 0 aliphatic carbocycles. The molecule has 1 aromatic rings. The molecule has 2 aliphatic heterocycles. The molecule has 0 saturated carbocycles. The van der Waals surface area contributed by atoms with Crippen LogP contribution in [0.4, 0.5) is 0 Å². The number of allylic oxidation sites excluding steroid dienone is 2. The first-order valence-corrected chi connectivity index (χ1v) is 9.88. The standard InChI is InChI=1S/C20H26O3S/c21-20(22)11-7-2-1-6-10-16-17(19-13-12-18(16)24-19)14-23-15-8-4-3-5-9-15/h1,3-6,8-9,16-19H,2,7,10-14H2,(H,21,22)/t16-,17+,18-,19+/m1/s1. The van der Waals surface area contributed by atoms with Crippen LogP contribution in [0.1, 0.15) is 38.5 Å². The fourth-order valence-corrected chi connectivity index (χ4v) is 5.87. The van der Waals surface area contributed by atoms with Crippen molar-refractivity contribution in [3.63, 3.8) is 0 Å². The molecule has 0 aromatic heterocycles. The van der Waals surface area contributed by atoms with Crippen molar-refractivity contribution in [2.75, 3.05) is 6.61 Å². The average Bonchev–Trinajstić information content (AvgIpc) is 3.18. The summed E-state index contributed by atoms with van der Waals surface area (Å²) in [7, 11) is 0. The first kappa shape index (κ1) is 17.4. The predicted octanol–water partition coefficient (Wildman–Crippen LogP) is 4.78. The number of hydrogen-bond acceptors (Lipinski definition) is 3. The van der Waals surface area contributed by atoms with Crippen molar-refractivity contribution < 1.29 is 14.6 Å². The number of unbranched alkanes of at least 4 members (excludes halogenated alkanes) is 1. The summed E-state index contributed by atoms with van der Waals surface area (Å²) in [5.41, 5.74) is 0. The zero-order valence-electron chi connectivity index (χ0n) is 14.0. The van der Waals surface area contributed by atoms with E-state index in [-0.39, 0.29) is 6.42 Å². The van der Waals surface area contributed by atoms with Crippen molar-refractivity contribution in [3.05, 3.63) is 42.5 Å². The van der Waals surface area contributed by atoms with Gasteiger partial charge in [-0.15, -0.1) is 0 Å². The molecule has 0 spiro atoms. The maximum Gasteiger partial charge on any atom is 0.303 e. The third-order valence-electron chi connectivity index (χ3n) is 5.11. The Morgan fingerprint density at radius 2 is 1.92 bits per heavy atom. The third-order valence-corrected chi connectivity index (χ3v) is 6.98. The molecule has 4 heteroatoms. The Bertz CT molecular complexity index is 557. The zero-order valence-corrected chi connectivity index (χ0v) is 14.8. The number of carboxylic acids is 1. The fraction of sp³-hybridized carbons (Fsp3) is 0.550. The van der Waals surface area contributed by atoms with Gasteiger partial charge >= 0.3 is 5.97 Å². The molecule has 130 valence electrons. The van der Waals surface area contributed by atoms with E-state index in [1.807, 2.05) is 30.3 Å². The van der Waals surface area contributed by atoms with E-state index < -0.39 is 5.97 Å². The second kappa shape index (κ2) is 8.61. The van der Waals surface area contributed by atoms with Crippen LogP contribution < -0.4 is 4.74 Å². The molecule has 4 atom stereocenters. The highest BCUT2D eigenvalue weighted by Crippen LogP contribution is 2.54. The molecule has 0 radical (unpaired) electrons. The number of aliphatic carboxylic acids is 1. The predicted molar refractivity (Wildman–Crippen MR) is 98.6 cm³/mol. The molecule has 0 unspecified atom stereocenters. The van der Waals surface area contributed by atoms with Crippen LogP contribution in [0.15, 0.2) is 42.5 Å². The minimum absolute atomic E-state index is 0.266. The van der Waals surface area contributed by atoms with Gasteiger partial charge in [0, 0.05) is 22.8 Å². The minimum atomic E-state index is -0.703. The molecule has 2 saturated heterocycles. The van der Waals surface area contributed by atoms with Crippen molar-refractivity contribution in [1.29, 1.82) is 0 Å². The fourth-order valence-electron chi connectivity index (χ4n) is 3.88. The van der Waals surface area contributed by atoms with Gasteiger partial charge in [0.15, 0.2) is 0 Å². The van der Waals surface area contributed by atoms with Gasteiger partial charge < -0.3 is 9.84 Å². The van der Waals surface area contributed by atoms with E-state index in [0.717, 1.165) is 42.1 Å². The Morgan fingerprint density at radius 3 is 2.67 bits per heavy atom. The summed E-state index contributed by atoms with van der Waals surface area (Å²) in [5, 5.41) is 10.2. The van der Waals surface area contributed by atoms with Crippen LogP contribution in [0.5, 0.6) is 5.75 Å². The maximum absolute atomic E-state index is 10.5. The summed E-state index contributed by atoms with van der Waals surface area (Å²) >= 11 is 2.16. The van der Waals surface area contributed by atoms with Gasteiger partial charge in [-0.2, -0.15) is 11.8 Å². The largest absolute Gasteiger partial charge is 0.493 e. The molecule has 1 N–H and O–H groups in total. The van der Waals surface area contributed by atoms with Gasteiger partial charge in [-0.25, -0.2) is 0 Å². The molecule has 2 heterocycles. The molecule has 3 nitrogen and oxygen atoms in total. The first-order valence-electron chi connectivity index (χ1n) is 8.94. The second-order valence-corrected chi connectivity index (χ2v) is 8.22. The number of fused-ring (bicyclic) bond motifs is 2. The molecule has 2 bridgehead atoms. The van der Waals surface area contributed by atoms with Gasteiger partial charge in [-0.3, -0.25) is 4.79 Å². The van der Waals surface area contributed by atoms with Gasteiger partial charge in [-0.05, 0) is 50.2 Å². The van der Waals surface area contributed by atoms with Crippen molar-refractivity contribution in [2.24, 2.45) is 11.8 Å². The number of para-hydroxylation sites is 1. The average molecular weight is 346 g/mol. The van der Waals surface area contributed by atoms with Crippen LogP contribution in [0.3, 0.4) is 0 Å².